The van der Waals surface area contributed by atoms with Crippen molar-refractivity contribution in [3.63, 3.8) is 0 Å². The molecule has 0 bridgehead atoms. The number of sulfone groups is 1. The minimum absolute atomic E-state index is 0.00469. The Morgan fingerprint density at radius 3 is 2.80 bits per heavy atom. The van der Waals surface area contributed by atoms with E-state index in [-0.39, 0.29) is 35.6 Å². The molecule has 0 saturated carbocycles. The summed E-state index contributed by atoms with van der Waals surface area (Å²) in [6.45, 7) is 2.31. The molecule has 1 saturated heterocycles. The van der Waals surface area contributed by atoms with Gasteiger partial charge in [-0.15, -0.1) is 0 Å². The molecule has 1 aromatic carbocycles. The lowest BCUT2D eigenvalue weighted by Gasteiger charge is -2.28. The summed E-state index contributed by atoms with van der Waals surface area (Å²) in [6.07, 6.45) is 2.40. The molecule has 1 atom stereocenters. The first-order chi connectivity index (χ1) is 11.9. The molecule has 0 N–H and O–H groups in total. The largest absolute Gasteiger partial charge is 0.337 e. The normalized spacial score (nSPS) is 19.2. The number of fused-ring (bicyclic) bond motifs is 1. The van der Waals surface area contributed by atoms with Gasteiger partial charge in [-0.2, -0.15) is 0 Å². The molecule has 1 aliphatic heterocycles. The number of benzene rings is 1. The van der Waals surface area contributed by atoms with Gasteiger partial charge in [0.25, 0.3) is 5.56 Å². The second-order valence-electron chi connectivity index (χ2n) is 6.32. The van der Waals surface area contributed by atoms with Crippen LogP contribution in [0.2, 0.25) is 0 Å². The van der Waals surface area contributed by atoms with Crippen molar-refractivity contribution in [2.75, 3.05) is 18.1 Å². The number of nitrogens with zero attached hydrogens (tertiary/aromatic N) is 3. The average Bonchev–Trinajstić information content (AvgIpc) is 2.94. The Bertz CT molecular complexity index is 952. The van der Waals surface area contributed by atoms with Crippen LogP contribution in [0, 0.1) is 0 Å². The predicted octanol–water partition coefficient (Wildman–Crippen LogP) is 0.822. The van der Waals surface area contributed by atoms with Gasteiger partial charge >= 0.3 is 0 Å². The first-order valence-corrected chi connectivity index (χ1v) is 10.2. The zero-order valence-electron chi connectivity index (χ0n) is 14.1. The summed E-state index contributed by atoms with van der Waals surface area (Å²) in [5.41, 5.74) is 0.891. The zero-order valence-corrected chi connectivity index (χ0v) is 14.9. The number of carbonyl (C=O) groups excluding carboxylic acids is 1. The fourth-order valence-corrected chi connectivity index (χ4v) is 5.01. The lowest BCUT2D eigenvalue weighted by atomic mass is 10.2. The van der Waals surface area contributed by atoms with E-state index in [1.165, 1.54) is 10.8 Å². The third kappa shape index (κ3) is 3.73. The third-order valence-corrected chi connectivity index (χ3v) is 6.23. The van der Waals surface area contributed by atoms with Crippen molar-refractivity contribution in [2.24, 2.45) is 0 Å². The van der Waals surface area contributed by atoms with E-state index in [1.807, 2.05) is 13.0 Å². The Balaban J connectivity index is 1.90. The van der Waals surface area contributed by atoms with E-state index in [1.54, 1.807) is 23.1 Å². The number of aromatic nitrogens is 2. The maximum Gasteiger partial charge on any atom is 0.269 e. The summed E-state index contributed by atoms with van der Waals surface area (Å²) in [5, 5.41) is 0. The lowest BCUT2D eigenvalue weighted by Crippen LogP contribution is -2.44. The van der Waals surface area contributed by atoms with Crippen molar-refractivity contribution in [3.8, 4) is 0 Å². The molecule has 3 rings (SSSR count). The van der Waals surface area contributed by atoms with Crippen molar-refractivity contribution >= 4 is 26.8 Å². The van der Waals surface area contributed by atoms with Gasteiger partial charge in [-0.3, -0.25) is 14.2 Å². The third-order valence-electron chi connectivity index (χ3n) is 4.48. The number of carbonyl (C=O) groups is 1. The van der Waals surface area contributed by atoms with Crippen LogP contribution < -0.4 is 5.56 Å². The van der Waals surface area contributed by atoms with E-state index in [2.05, 4.69) is 4.98 Å². The first-order valence-electron chi connectivity index (χ1n) is 8.36. The average molecular weight is 363 g/mol. The van der Waals surface area contributed by atoms with E-state index >= 15 is 0 Å². The van der Waals surface area contributed by atoms with Crippen molar-refractivity contribution < 1.29 is 13.2 Å². The van der Waals surface area contributed by atoms with E-state index in [9.17, 15) is 18.0 Å². The number of para-hydroxylation sites is 2. The topological polar surface area (TPSA) is 89.3 Å². The lowest BCUT2D eigenvalue weighted by molar-refractivity contribution is -0.133. The second-order valence-corrected chi connectivity index (χ2v) is 8.54. The minimum Gasteiger partial charge on any atom is -0.337 e. The first kappa shape index (κ1) is 17.6. The zero-order chi connectivity index (χ0) is 18.0. The molecule has 25 heavy (non-hydrogen) atoms. The summed E-state index contributed by atoms with van der Waals surface area (Å²) in [6, 6.07) is 6.84. The summed E-state index contributed by atoms with van der Waals surface area (Å²) in [7, 11) is -3.08. The van der Waals surface area contributed by atoms with Crippen molar-refractivity contribution in [3.05, 3.63) is 40.8 Å². The Hall–Kier alpha value is -2.22. The van der Waals surface area contributed by atoms with Gasteiger partial charge in [0, 0.05) is 12.6 Å². The van der Waals surface area contributed by atoms with Gasteiger partial charge in [-0.05, 0) is 25.0 Å². The van der Waals surface area contributed by atoms with Crippen LogP contribution in [-0.2, 0) is 21.2 Å². The van der Waals surface area contributed by atoms with Crippen LogP contribution in [0.25, 0.3) is 11.0 Å². The smallest absolute Gasteiger partial charge is 0.269 e. The Labute approximate surface area is 146 Å². The maximum atomic E-state index is 12.8. The molecule has 1 aromatic heterocycles. The van der Waals surface area contributed by atoms with Gasteiger partial charge in [0.05, 0.1) is 28.7 Å². The van der Waals surface area contributed by atoms with Crippen LogP contribution in [0.5, 0.6) is 0 Å². The molecular weight excluding hydrogens is 342 g/mol. The Morgan fingerprint density at radius 1 is 1.36 bits per heavy atom. The van der Waals surface area contributed by atoms with Gasteiger partial charge in [-0.1, -0.05) is 19.1 Å². The van der Waals surface area contributed by atoms with Crippen LogP contribution >= 0.6 is 0 Å². The van der Waals surface area contributed by atoms with E-state index < -0.39 is 9.84 Å². The molecule has 2 aromatic rings. The molecule has 1 unspecified atom stereocenters. The Morgan fingerprint density at radius 2 is 2.12 bits per heavy atom. The molecule has 134 valence electrons. The molecule has 1 aliphatic rings. The molecule has 1 fully saturated rings. The molecule has 0 aliphatic carbocycles. The number of rotatable bonds is 5. The SMILES string of the molecule is CCCN(C(=O)Cn1c(=O)cnc2ccccc21)C1CCS(=O)(=O)C1. The fourth-order valence-electron chi connectivity index (χ4n) is 3.28. The van der Waals surface area contributed by atoms with Crippen LogP contribution in [0.1, 0.15) is 19.8 Å². The highest BCUT2D eigenvalue weighted by molar-refractivity contribution is 7.91. The Kier molecular flexibility index (Phi) is 4.89. The molecule has 0 spiro atoms. The van der Waals surface area contributed by atoms with Gasteiger partial charge in [-0.25, -0.2) is 13.4 Å². The monoisotopic (exact) mass is 363 g/mol. The van der Waals surface area contributed by atoms with Crippen LogP contribution in [0.15, 0.2) is 35.3 Å². The highest BCUT2D eigenvalue weighted by atomic mass is 32.2. The van der Waals surface area contributed by atoms with Gasteiger partial charge < -0.3 is 4.90 Å². The molecule has 0 radical (unpaired) electrons. The molecule has 8 heteroatoms. The second kappa shape index (κ2) is 6.95. The number of hydrogen-bond donors (Lipinski definition) is 0. The molecule has 7 nitrogen and oxygen atoms in total. The maximum absolute atomic E-state index is 12.8. The number of amides is 1. The summed E-state index contributed by atoms with van der Waals surface area (Å²) in [5.74, 6) is -0.115. The summed E-state index contributed by atoms with van der Waals surface area (Å²) < 4.78 is 24.9. The summed E-state index contributed by atoms with van der Waals surface area (Å²) >= 11 is 0. The highest BCUT2D eigenvalue weighted by Crippen LogP contribution is 2.19. The van der Waals surface area contributed by atoms with Crippen molar-refractivity contribution in [1.29, 1.82) is 0 Å². The van der Waals surface area contributed by atoms with E-state index in [0.717, 1.165) is 6.42 Å². The van der Waals surface area contributed by atoms with Gasteiger partial charge in [0.1, 0.15) is 6.54 Å². The van der Waals surface area contributed by atoms with E-state index in [4.69, 9.17) is 0 Å². The van der Waals surface area contributed by atoms with Crippen LogP contribution in [-0.4, -0.2) is 52.9 Å². The standard InChI is InChI=1S/C17H21N3O4S/c1-2-8-19(13-7-9-25(23,24)12-13)17(22)11-20-15-6-4-3-5-14(15)18-10-16(20)21/h3-6,10,13H,2,7-9,11-12H2,1H3. The van der Waals surface area contributed by atoms with E-state index in [0.29, 0.717) is 24.0 Å². The predicted molar refractivity (Wildman–Crippen MR) is 95.1 cm³/mol. The van der Waals surface area contributed by atoms with Crippen LogP contribution in [0.3, 0.4) is 0 Å². The quantitative estimate of drug-likeness (QED) is 0.785. The van der Waals surface area contributed by atoms with Crippen molar-refractivity contribution in [1.82, 2.24) is 14.5 Å². The number of hydrogen-bond acceptors (Lipinski definition) is 5. The highest BCUT2D eigenvalue weighted by Gasteiger charge is 2.34. The fraction of sp³-hybridized carbons (Fsp3) is 0.471. The summed E-state index contributed by atoms with van der Waals surface area (Å²) in [4.78, 5) is 30.8. The molecule has 2 heterocycles. The van der Waals surface area contributed by atoms with Gasteiger partial charge in [0.2, 0.25) is 5.91 Å². The van der Waals surface area contributed by atoms with Gasteiger partial charge in [0.15, 0.2) is 9.84 Å². The molecular formula is C17H21N3O4S. The van der Waals surface area contributed by atoms with Crippen molar-refractivity contribution in [2.45, 2.75) is 32.4 Å². The minimum atomic E-state index is -3.08. The molecule has 1 amide bonds. The van der Waals surface area contributed by atoms with Crippen LogP contribution in [0.4, 0.5) is 0 Å².